The summed E-state index contributed by atoms with van der Waals surface area (Å²) >= 11 is 0. The zero-order chi connectivity index (χ0) is 11.1. The molecule has 4 heteroatoms. The van der Waals surface area contributed by atoms with Gasteiger partial charge in [0, 0.05) is 32.7 Å². The number of hydrogen-bond acceptors (Lipinski definition) is 4. The summed E-state index contributed by atoms with van der Waals surface area (Å²) in [6.45, 7) is 10.0. The SMILES string of the molecule is CCOC(CCOC1(C)CNC1)OCC. The molecule has 0 saturated carbocycles. The van der Waals surface area contributed by atoms with Crippen LogP contribution in [0.15, 0.2) is 0 Å². The minimum atomic E-state index is -0.114. The van der Waals surface area contributed by atoms with Crippen LogP contribution in [0.4, 0.5) is 0 Å². The Kier molecular flexibility index (Phi) is 5.53. The van der Waals surface area contributed by atoms with E-state index in [2.05, 4.69) is 12.2 Å². The van der Waals surface area contributed by atoms with Gasteiger partial charge in [-0.2, -0.15) is 0 Å². The van der Waals surface area contributed by atoms with Gasteiger partial charge < -0.3 is 19.5 Å². The summed E-state index contributed by atoms with van der Waals surface area (Å²) in [6.07, 6.45) is 0.689. The second-order valence-electron chi connectivity index (χ2n) is 4.03. The maximum Gasteiger partial charge on any atom is 0.159 e. The van der Waals surface area contributed by atoms with Crippen molar-refractivity contribution in [3.8, 4) is 0 Å². The van der Waals surface area contributed by atoms with E-state index in [-0.39, 0.29) is 11.9 Å². The van der Waals surface area contributed by atoms with E-state index in [1.54, 1.807) is 0 Å². The van der Waals surface area contributed by atoms with Crippen molar-refractivity contribution in [3.63, 3.8) is 0 Å². The van der Waals surface area contributed by atoms with E-state index < -0.39 is 0 Å². The Morgan fingerprint density at radius 3 is 2.20 bits per heavy atom. The molecule has 0 atom stereocenters. The van der Waals surface area contributed by atoms with Crippen LogP contribution in [-0.4, -0.2) is 44.8 Å². The Hall–Kier alpha value is -0.160. The predicted molar refractivity (Wildman–Crippen MR) is 58.9 cm³/mol. The number of hydrogen-bond donors (Lipinski definition) is 1. The van der Waals surface area contributed by atoms with Crippen molar-refractivity contribution in [2.45, 2.75) is 39.1 Å². The molecule has 0 amide bonds. The van der Waals surface area contributed by atoms with Gasteiger partial charge in [0.05, 0.1) is 12.2 Å². The average molecular weight is 217 g/mol. The first-order valence-corrected chi connectivity index (χ1v) is 5.78. The molecule has 15 heavy (non-hydrogen) atoms. The van der Waals surface area contributed by atoms with Gasteiger partial charge in [-0.3, -0.25) is 0 Å². The van der Waals surface area contributed by atoms with E-state index in [9.17, 15) is 0 Å². The van der Waals surface area contributed by atoms with Crippen LogP contribution in [0, 0.1) is 0 Å². The van der Waals surface area contributed by atoms with Crippen LogP contribution in [0.2, 0.25) is 0 Å². The highest BCUT2D eigenvalue weighted by atomic mass is 16.7. The van der Waals surface area contributed by atoms with Crippen molar-refractivity contribution in [2.24, 2.45) is 0 Å². The third kappa shape index (κ3) is 4.47. The Bertz CT molecular complexity index is 165. The van der Waals surface area contributed by atoms with Crippen LogP contribution in [0.3, 0.4) is 0 Å². The van der Waals surface area contributed by atoms with Crippen LogP contribution < -0.4 is 5.32 Å². The molecule has 0 spiro atoms. The molecule has 4 nitrogen and oxygen atoms in total. The molecule has 1 N–H and O–H groups in total. The highest BCUT2D eigenvalue weighted by Crippen LogP contribution is 2.16. The number of nitrogens with one attached hydrogen (secondary N) is 1. The van der Waals surface area contributed by atoms with E-state index in [1.165, 1.54) is 0 Å². The van der Waals surface area contributed by atoms with Gasteiger partial charge in [-0.25, -0.2) is 0 Å². The highest BCUT2D eigenvalue weighted by Gasteiger charge is 2.32. The van der Waals surface area contributed by atoms with Gasteiger partial charge in [0.25, 0.3) is 0 Å². The van der Waals surface area contributed by atoms with E-state index in [0.717, 1.165) is 19.5 Å². The molecule has 1 heterocycles. The summed E-state index contributed by atoms with van der Waals surface area (Å²) in [5.74, 6) is 0. The monoisotopic (exact) mass is 217 g/mol. The van der Waals surface area contributed by atoms with Gasteiger partial charge in [-0.15, -0.1) is 0 Å². The largest absolute Gasteiger partial charge is 0.372 e. The lowest BCUT2D eigenvalue weighted by Gasteiger charge is -2.39. The Morgan fingerprint density at radius 2 is 1.80 bits per heavy atom. The maximum atomic E-state index is 5.77. The van der Waals surface area contributed by atoms with Gasteiger partial charge in [0.2, 0.25) is 0 Å². The van der Waals surface area contributed by atoms with Crippen molar-refractivity contribution in [3.05, 3.63) is 0 Å². The lowest BCUT2D eigenvalue weighted by Crippen LogP contribution is -2.59. The summed E-state index contributed by atoms with van der Waals surface area (Å²) in [4.78, 5) is 0. The Labute approximate surface area is 92.3 Å². The molecule has 0 aromatic rings. The van der Waals surface area contributed by atoms with E-state index in [0.29, 0.717) is 19.8 Å². The minimum Gasteiger partial charge on any atom is -0.372 e. The van der Waals surface area contributed by atoms with Crippen molar-refractivity contribution in [1.82, 2.24) is 5.32 Å². The first-order valence-electron chi connectivity index (χ1n) is 5.78. The minimum absolute atomic E-state index is 0.0307. The van der Waals surface area contributed by atoms with Crippen molar-refractivity contribution < 1.29 is 14.2 Å². The zero-order valence-corrected chi connectivity index (χ0v) is 10.0. The molecule has 1 aliphatic heterocycles. The van der Waals surface area contributed by atoms with Crippen molar-refractivity contribution in [1.29, 1.82) is 0 Å². The topological polar surface area (TPSA) is 39.7 Å². The molecule has 0 unspecified atom stereocenters. The summed E-state index contributed by atoms with van der Waals surface area (Å²) < 4.78 is 16.6. The van der Waals surface area contributed by atoms with E-state index in [1.807, 2.05) is 13.8 Å². The fourth-order valence-electron chi connectivity index (χ4n) is 1.57. The van der Waals surface area contributed by atoms with Crippen LogP contribution in [-0.2, 0) is 14.2 Å². The molecule has 0 radical (unpaired) electrons. The summed E-state index contributed by atoms with van der Waals surface area (Å²) in [7, 11) is 0. The normalized spacial score (nSPS) is 19.2. The number of rotatable bonds is 8. The van der Waals surface area contributed by atoms with Gasteiger partial charge in [0.1, 0.15) is 0 Å². The molecule has 1 aliphatic rings. The summed E-state index contributed by atoms with van der Waals surface area (Å²) in [5, 5.41) is 3.20. The summed E-state index contributed by atoms with van der Waals surface area (Å²) in [5.41, 5.74) is 0.0307. The molecule has 0 aromatic carbocycles. The molecule has 0 bridgehead atoms. The second-order valence-corrected chi connectivity index (χ2v) is 4.03. The fourth-order valence-corrected chi connectivity index (χ4v) is 1.57. The average Bonchev–Trinajstić information content (AvgIpc) is 2.16. The zero-order valence-electron chi connectivity index (χ0n) is 10.0. The highest BCUT2D eigenvalue weighted by molar-refractivity contribution is 4.89. The smallest absolute Gasteiger partial charge is 0.159 e. The second kappa shape index (κ2) is 6.43. The van der Waals surface area contributed by atoms with Crippen LogP contribution in [0.5, 0.6) is 0 Å². The Morgan fingerprint density at radius 1 is 1.20 bits per heavy atom. The summed E-state index contributed by atoms with van der Waals surface area (Å²) in [6, 6.07) is 0. The standard InChI is InChI=1S/C11H23NO3/c1-4-13-10(14-5-2)6-7-15-11(3)8-12-9-11/h10,12H,4-9H2,1-3H3. The van der Waals surface area contributed by atoms with Gasteiger partial charge >= 0.3 is 0 Å². The lowest BCUT2D eigenvalue weighted by molar-refractivity contribution is -0.158. The van der Waals surface area contributed by atoms with Gasteiger partial charge in [-0.05, 0) is 20.8 Å². The molecular formula is C11H23NO3. The van der Waals surface area contributed by atoms with Gasteiger partial charge in [-0.1, -0.05) is 0 Å². The van der Waals surface area contributed by atoms with Crippen molar-refractivity contribution >= 4 is 0 Å². The molecule has 0 aliphatic carbocycles. The van der Waals surface area contributed by atoms with Crippen LogP contribution >= 0.6 is 0 Å². The lowest BCUT2D eigenvalue weighted by atomic mass is 10.0. The maximum absolute atomic E-state index is 5.77. The van der Waals surface area contributed by atoms with E-state index >= 15 is 0 Å². The van der Waals surface area contributed by atoms with Crippen LogP contribution in [0.25, 0.3) is 0 Å². The quantitative estimate of drug-likeness (QED) is 0.619. The first-order chi connectivity index (χ1) is 7.20. The predicted octanol–water partition coefficient (Wildman–Crippen LogP) is 1.15. The molecule has 1 rings (SSSR count). The van der Waals surface area contributed by atoms with Crippen molar-refractivity contribution in [2.75, 3.05) is 32.9 Å². The van der Waals surface area contributed by atoms with E-state index in [4.69, 9.17) is 14.2 Å². The number of ether oxygens (including phenoxy) is 3. The first kappa shape index (κ1) is 12.9. The molecule has 1 saturated heterocycles. The molecule has 90 valence electrons. The molecule has 1 fully saturated rings. The molecular weight excluding hydrogens is 194 g/mol. The third-order valence-corrected chi connectivity index (χ3v) is 2.51. The van der Waals surface area contributed by atoms with Gasteiger partial charge in [0.15, 0.2) is 6.29 Å². The third-order valence-electron chi connectivity index (χ3n) is 2.51. The van der Waals surface area contributed by atoms with Crippen LogP contribution in [0.1, 0.15) is 27.2 Å². The molecule has 0 aromatic heterocycles. The Balaban J connectivity index is 2.09. The fraction of sp³-hybridized carbons (Fsp3) is 1.00.